The maximum atomic E-state index is 5.51. The van der Waals surface area contributed by atoms with Crippen molar-refractivity contribution in [3.05, 3.63) is 71.8 Å². The van der Waals surface area contributed by atoms with Gasteiger partial charge in [-0.15, -0.1) is 0 Å². The summed E-state index contributed by atoms with van der Waals surface area (Å²) < 4.78 is 5.51. The van der Waals surface area contributed by atoms with Crippen molar-refractivity contribution in [3.63, 3.8) is 0 Å². The van der Waals surface area contributed by atoms with Crippen LogP contribution in [0.3, 0.4) is 0 Å². The van der Waals surface area contributed by atoms with E-state index >= 15 is 0 Å². The third-order valence-electron chi connectivity index (χ3n) is 5.52. The SMILES string of the molecule is c1ccc(-c2cc(N3CCc4ccccc4C3)nc(N3CCOCC3)n2)cc1. The summed E-state index contributed by atoms with van der Waals surface area (Å²) in [5.41, 5.74) is 4.94. The second kappa shape index (κ2) is 7.60. The summed E-state index contributed by atoms with van der Waals surface area (Å²) in [6.07, 6.45) is 1.05. The maximum Gasteiger partial charge on any atom is 0.228 e. The smallest absolute Gasteiger partial charge is 0.228 e. The molecule has 3 aromatic rings. The molecule has 2 aliphatic rings. The molecule has 5 heteroatoms. The maximum absolute atomic E-state index is 5.51. The third-order valence-corrected chi connectivity index (χ3v) is 5.52. The van der Waals surface area contributed by atoms with Gasteiger partial charge in [0.05, 0.1) is 18.9 Å². The Hall–Kier alpha value is -2.92. The van der Waals surface area contributed by atoms with E-state index in [9.17, 15) is 0 Å². The number of morpholine rings is 1. The second-order valence-electron chi connectivity index (χ2n) is 7.32. The Morgan fingerprint density at radius 1 is 0.750 bits per heavy atom. The van der Waals surface area contributed by atoms with Crippen LogP contribution in [0.25, 0.3) is 11.3 Å². The average molecular weight is 372 g/mol. The Balaban J connectivity index is 1.53. The van der Waals surface area contributed by atoms with E-state index in [1.165, 1.54) is 11.1 Å². The fourth-order valence-electron chi connectivity index (χ4n) is 3.94. The van der Waals surface area contributed by atoms with Crippen LogP contribution in [0.15, 0.2) is 60.7 Å². The van der Waals surface area contributed by atoms with E-state index in [0.29, 0.717) is 0 Å². The van der Waals surface area contributed by atoms with E-state index < -0.39 is 0 Å². The summed E-state index contributed by atoms with van der Waals surface area (Å²) >= 11 is 0. The van der Waals surface area contributed by atoms with Crippen molar-refractivity contribution in [2.24, 2.45) is 0 Å². The zero-order chi connectivity index (χ0) is 18.8. The van der Waals surface area contributed by atoms with Gasteiger partial charge >= 0.3 is 0 Å². The summed E-state index contributed by atoms with van der Waals surface area (Å²) in [4.78, 5) is 14.5. The van der Waals surface area contributed by atoms with Gasteiger partial charge in [0.1, 0.15) is 5.82 Å². The summed E-state index contributed by atoms with van der Waals surface area (Å²) in [6, 6.07) is 21.2. The van der Waals surface area contributed by atoms with Crippen LogP contribution in [0, 0.1) is 0 Å². The Morgan fingerprint density at radius 3 is 2.32 bits per heavy atom. The largest absolute Gasteiger partial charge is 0.378 e. The lowest BCUT2D eigenvalue weighted by Gasteiger charge is -2.32. The van der Waals surface area contributed by atoms with Gasteiger partial charge in [-0.1, -0.05) is 54.6 Å². The van der Waals surface area contributed by atoms with Crippen LogP contribution in [0.1, 0.15) is 11.1 Å². The van der Waals surface area contributed by atoms with Crippen LogP contribution in [0.5, 0.6) is 0 Å². The monoisotopic (exact) mass is 372 g/mol. The van der Waals surface area contributed by atoms with Gasteiger partial charge in [0.15, 0.2) is 0 Å². The van der Waals surface area contributed by atoms with Crippen LogP contribution >= 0.6 is 0 Å². The minimum absolute atomic E-state index is 0.728. The predicted octanol–water partition coefficient (Wildman–Crippen LogP) is 3.54. The van der Waals surface area contributed by atoms with Gasteiger partial charge in [-0.25, -0.2) is 4.98 Å². The molecule has 2 aliphatic heterocycles. The second-order valence-corrected chi connectivity index (χ2v) is 7.32. The highest BCUT2D eigenvalue weighted by Gasteiger charge is 2.21. The van der Waals surface area contributed by atoms with Crippen LogP contribution in [0.2, 0.25) is 0 Å². The predicted molar refractivity (Wildman–Crippen MR) is 112 cm³/mol. The Bertz CT molecular complexity index is 954. The van der Waals surface area contributed by atoms with Crippen molar-refractivity contribution in [1.82, 2.24) is 9.97 Å². The van der Waals surface area contributed by atoms with E-state index in [4.69, 9.17) is 14.7 Å². The van der Waals surface area contributed by atoms with E-state index in [1.54, 1.807) is 0 Å². The molecule has 2 aromatic carbocycles. The Labute approximate surface area is 165 Å². The van der Waals surface area contributed by atoms with Gasteiger partial charge in [-0.3, -0.25) is 0 Å². The summed E-state index contributed by atoms with van der Waals surface area (Å²) in [5, 5.41) is 0. The number of ether oxygens (including phenoxy) is 1. The molecule has 3 heterocycles. The number of fused-ring (bicyclic) bond motifs is 1. The number of hydrogen-bond acceptors (Lipinski definition) is 5. The topological polar surface area (TPSA) is 41.5 Å². The molecule has 0 saturated carbocycles. The van der Waals surface area contributed by atoms with Crippen molar-refractivity contribution in [1.29, 1.82) is 0 Å². The van der Waals surface area contributed by atoms with E-state index in [1.807, 2.05) is 6.07 Å². The molecule has 0 amide bonds. The van der Waals surface area contributed by atoms with Crippen LogP contribution < -0.4 is 9.80 Å². The molecule has 5 nitrogen and oxygen atoms in total. The van der Waals surface area contributed by atoms with Crippen LogP contribution in [-0.2, 0) is 17.7 Å². The van der Waals surface area contributed by atoms with Crippen molar-refractivity contribution in [3.8, 4) is 11.3 Å². The quantitative estimate of drug-likeness (QED) is 0.703. The first kappa shape index (κ1) is 17.2. The molecule has 0 spiro atoms. The molecule has 0 radical (unpaired) electrons. The van der Waals surface area contributed by atoms with Crippen molar-refractivity contribution < 1.29 is 4.74 Å². The molecular weight excluding hydrogens is 348 g/mol. The van der Waals surface area contributed by atoms with Gasteiger partial charge in [0.25, 0.3) is 0 Å². The Morgan fingerprint density at radius 2 is 1.50 bits per heavy atom. The number of benzene rings is 2. The summed E-state index contributed by atoms with van der Waals surface area (Å²) in [6.45, 7) is 4.99. The van der Waals surface area contributed by atoms with E-state index in [-0.39, 0.29) is 0 Å². The molecule has 5 rings (SSSR count). The van der Waals surface area contributed by atoms with E-state index in [2.05, 4.69) is 64.4 Å². The third kappa shape index (κ3) is 3.45. The van der Waals surface area contributed by atoms with Gasteiger partial charge < -0.3 is 14.5 Å². The lowest BCUT2D eigenvalue weighted by Crippen LogP contribution is -2.38. The molecular formula is C23H24N4O. The van der Waals surface area contributed by atoms with Gasteiger partial charge in [0, 0.05) is 37.8 Å². The first-order chi connectivity index (χ1) is 13.9. The first-order valence-electron chi connectivity index (χ1n) is 9.96. The lowest BCUT2D eigenvalue weighted by atomic mass is 10.00. The summed E-state index contributed by atoms with van der Waals surface area (Å²) in [5.74, 6) is 1.81. The Kier molecular flexibility index (Phi) is 4.67. The molecule has 0 bridgehead atoms. The number of aromatic nitrogens is 2. The van der Waals surface area contributed by atoms with Gasteiger partial charge in [-0.05, 0) is 17.5 Å². The molecule has 1 saturated heterocycles. The molecule has 28 heavy (non-hydrogen) atoms. The normalized spacial score (nSPS) is 16.7. The zero-order valence-electron chi connectivity index (χ0n) is 15.9. The first-order valence-corrected chi connectivity index (χ1v) is 9.96. The minimum Gasteiger partial charge on any atom is -0.378 e. The highest BCUT2D eigenvalue weighted by atomic mass is 16.5. The highest BCUT2D eigenvalue weighted by molar-refractivity contribution is 5.65. The van der Waals surface area contributed by atoms with Crippen LogP contribution in [0.4, 0.5) is 11.8 Å². The molecule has 0 aliphatic carbocycles. The van der Waals surface area contributed by atoms with Crippen molar-refractivity contribution >= 4 is 11.8 Å². The average Bonchev–Trinajstić information content (AvgIpc) is 2.79. The van der Waals surface area contributed by atoms with Crippen molar-refractivity contribution in [2.75, 3.05) is 42.6 Å². The molecule has 142 valence electrons. The molecule has 1 fully saturated rings. The van der Waals surface area contributed by atoms with Gasteiger partial charge in [0.2, 0.25) is 5.95 Å². The molecule has 0 unspecified atom stereocenters. The number of hydrogen-bond donors (Lipinski definition) is 0. The van der Waals surface area contributed by atoms with Crippen molar-refractivity contribution in [2.45, 2.75) is 13.0 Å². The lowest BCUT2D eigenvalue weighted by molar-refractivity contribution is 0.122. The minimum atomic E-state index is 0.728. The number of anilines is 2. The van der Waals surface area contributed by atoms with Crippen LogP contribution in [-0.4, -0.2) is 42.8 Å². The fraction of sp³-hybridized carbons (Fsp3) is 0.304. The van der Waals surface area contributed by atoms with Gasteiger partial charge in [-0.2, -0.15) is 4.98 Å². The fourth-order valence-corrected chi connectivity index (χ4v) is 3.94. The summed E-state index contributed by atoms with van der Waals surface area (Å²) in [7, 11) is 0. The standard InChI is InChI=1S/C23H24N4O/c1-2-7-19(8-3-1)21-16-22(25-23(24-21)26-12-14-28-15-13-26)27-11-10-18-6-4-5-9-20(18)17-27/h1-9,16H,10-15,17H2. The molecule has 1 aromatic heterocycles. The number of nitrogens with zero attached hydrogens (tertiary/aromatic N) is 4. The highest BCUT2D eigenvalue weighted by Crippen LogP contribution is 2.28. The van der Waals surface area contributed by atoms with E-state index in [0.717, 1.165) is 68.8 Å². The zero-order valence-corrected chi connectivity index (χ0v) is 15.9. The molecule has 0 atom stereocenters. The number of rotatable bonds is 3. The molecule has 0 N–H and O–H groups in total.